The molecule has 6 rings (SSSR count). The Morgan fingerprint density at radius 1 is 0.857 bits per heavy atom. The lowest BCUT2D eigenvalue weighted by atomic mass is 9.99. The SMILES string of the molecule is CN(C)CCC(CSc1ccccc1)Nc1ccc(S(=O)(=O)NC(=O)c2ccc(N3CCN(Cc4ccccc4-c4ccc(Cl)cc4)CC3)cc2)cc1C(N)=O. The lowest BCUT2D eigenvalue weighted by Gasteiger charge is -2.36. The molecule has 1 saturated heterocycles. The number of sulfonamides is 1. The van der Waals surface area contributed by atoms with Crippen LogP contribution in [0.5, 0.6) is 0 Å². The summed E-state index contributed by atoms with van der Waals surface area (Å²) in [5.74, 6) is -0.843. The van der Waals surface area contributed by atoms with Gasteiger partial charge >= 0.3 is 0 Å². The van der Waals surface area contributed by atoms with Gasteiger partial charge in [0.25, 0.3) is 21.8 Å². The molecule has 292 valence electrons. The molecule has 0 bridgehead atoms. The van der Waals surface area contributed by atoms with E-state index in [1.807, 2.05) is 80.8 Å². The first-order valence-corrected chi connectivity index (χ1v) is 21.3. The van der Waals surface area contributed by atoms with Crippen molar-refractivity contribution in [3.8, 4) is 11.1 Å². The van der Waals surface area contributed by atoms with E-state index in [1.54, 1.807) is 23.9 Å². The number of nitrogens with one attached hydrogen (secondary N) is 2. The maximum absolute atomic E-state index is 13.4. The van der Waals surface area contributed by atoms with Gasteiger partial charge in [-0.25, -0.2) is 13.1 Å². The third-order valence-electron chi connectivity index (χ3n) is 9.71. The van der Waals surface area contributed by atoms with E-state index in [4.69, 9.17) is 17.3 Å². The highest BCUT2D eigenvalue weighted by atomic mass is 35.5. The summed E-state index contributed by atoms with van der Waals surface area (Å²) in [6.45, 7) is 4.96. The van der Waals surface area contributed by atoms with Gasteiger partial charge in [-0.3, -0.25) is 14.5 Å². The quantitative estimate of drug-likeness (QED) is 0.0898. The van der Waals surface area contributed by atoms with Crippen LogP contribution in [-0.4, -0.2) is 88.6 Å². The van der Waals surface area contributed by atoms with Crippen LogP contribution in [0.4, 0.5) is 11.4 Å². The zero-order chi connectivity index (χ0) is 39.7. The number of piperazine rings is 1. The number of halogens is 1. The fourth-order valence-corrected chi connectivity index (χ4v) is 8.72. The lowest BCUT2D eigenvalue weighted by molar-refractivity contribution is 0.0978. The molecule has 4 N–H and O–H groups in total. The molecule has 2 amide bonds. The molecule has 1 aliphatic rings. The molecule has 0 radical (unpaired) electrons. The van der Waals surface area contributed by atoms with Crippen LogP contribution in [0.3, 0.4) is 0 Å². The first-order valence-electron chi connectivity index (χ1n) is 18.5. The molecule has 1 unspecified atom stereocenters. The van der Waals surface area contributed by atoms with Crippen LogP contribution in [0.25, 0.3) is 11.1 Å². The second kappa shape index (κ2) is 18.9. The smallest absolute Gasteiger partial charge is 0.264 e. The predicted molar refractivity (Wildman–Crippen MR) is 228 cm³/mol. The Morgan fingerprint density at radius 2 is 1.54 bits per heavy atom. The molecule has 0 aliphatic carbocycles. The normalized spacial score (nSPS) is 14.0. The van der Waals surface area contributed by atoms with E-state index in [1.165, 1.54) is 29.3 Å². The van der Waals surface area contributed by atoms with Gasteiger partial charge in [0.05, 0.1) is 10.5 Å². The molecule has 5 aromatic rings. The van der Waals surface area contributed by atoms with Crippen molar-refractivity contribution in [2.75, 3.05) is 62.8 Å². The number of anilines is 2. The van der Waals surface area contributed by atoms with Gasteiger partial charge in [-0.2, -0.15) is 0 Å². The number of primary amides is 1. The van der Waals surface area contributed by atoms with Crippen LogP contribution >= 0.6 is 23.4 Å². The van der Waals surface area contributed by atoms with Gasteiger partial charge < -0.3 is 20.9 Å². The van der Waals surface area contributed by atoms with Crippen LogP contribution in [0.2, 0.25) is 5.02 Å². The van der Waals surface area contributed by atoms with Gasteiger partial charge in [0.1, 0.15) is 0 Å². The fraction of sp³-hybridized carbons (Fsp3) is 0.256. The van der Waals surface area contributed by atoms with Gasteiger partial charge in [0.15, 0.2) is 0 Å². The van der Waals surface area contributed by atoms with E-state index in [0.29, 0.717) is 16.5 Å². The number of hydrogen-bond donors (Lipinski definition) is 3. The van der Waals surface area contributed by atoms with E-state index in [0.717, 1.165) is 61.8 Å². The topological polar surface area (TPSA) is 128 Å². The number of hydrogen-bond acceptors (Lipinski definition) is 9. The van der Waals surface area contributed by atoms with E-state index < -0.39 is 21.8 Å². The molecule has 56 heavy (non-hydrogen) atoms. The number of benzene rings is 5. The largest absolute Gasteiger partial charge is 0.381 e. The number of nitrogens with two attached hydrogens (primary N) is 1. The molecular formula is C43H47ClN6O4S2. The van der Waals surface area contributed by atoms with E-state index in [-0.39, 0.29) is 22.1 Å². The molecule has 1 fully saturated rings. The van der Waals surface area contributed by atoms with Gasteiger partial charge in [0, 0.05) is 71.4 Å². The van der Waals surface area contributed by atoms with Gasteiger partial charge in [0.2, 0.25) is 0 Å². The number of nitrogens with zero attached hydrogens (tertiary/aromatic N) is 3. The van der Waals surface area contributed by atoms with Gasteiger partial charge in [-0.05, 0) is 110 Å². The summed E-state index contributed by atoms with van der Waals surface area (Å²) in [5.41, 5.74) is 10.9. The zero-order valence-electron chi connectivity index (χ0n) is 31.5. The lowest BCUT2D eigenvalue weighted by Crippen LogP contribution is -2.46. The molecule has 1 atom stereocenters. The zero-order valence-corrected chi connectivity index (χ0v) is 33.9. The van der Waals surface area contributed by atoms with Crippen molar-refractivity contribution in [2.45, 2.75) is 28.8 Å². The van der Waals surface area contributed by atoms with Crippen molar-refractivity contribution >= 4 is 56.6 Å². The van der Waals surface area contributed by atoms with Crippen molar-refractivity contribution in [1.82, 2.24) is 14.5 Å². The van der Waals surface area contributed by atoms with Gasteiger partial charge in [-0.1, -0.05) is 66.2 Å². The van der Waals surface area contributed by atoms with Crippen LogP contribution < -0.4 is 20.7 Å². The average Bonchev–Trinajstić information content (AvgIpc) is 3.20. The van der Waals surface area contributed by atoms with E-state index in [2.05, 4.69) is 49.0 Å². The van der Waals surface area contributed by atoms with Crippen LogP contribution in [0, 0.1) is 0 Å². The van der Waals surface area contributed by atoms with Crippen molar-refractivity contribution < 1.29 is 18.0 Å². The van der Waals surface area contributed by atoms with Crippen LogP contribution in [0.15, 0.2) is 131 Å². The summed E-state index contributed by atoms with van der Waals surface area (Å²) in [4.78, 5) is 33.4. The summed E-state index contributed by atoms with van der Waals surface area (Å²) in [6.07, 6.45) is 0.775. The first kappa shape index (κ1) is 40.8. The maximum atomic E-state index is 13.4. The van der Waals surface area contributed by atoms with Crippen LogP contribution in [-0.2, 0) is 16.6 Å². The second-order valence-electron chi connectivity index (χ2n) is 14.0. The number of amides is 2. The van der Waals surface area contributed by atoms with E-state index >= 15 is 0 Å². The Hall–Kier alpha value is -4.85. The number of carbonyl (C=O) groups is 2. The number of rotatable bonds is 16. The van der Waals surface area contributed by atoms with Crippen LogP contribution in [0.1, 0.15) is 32.7 Å². The summed E-state index contributed by atoms with van der Waals surface area (Å²) in [6, 6.07) is 37.3. The first-order chi connectivity index (χ1) is 26.9. The Labute approximate surface area is 339 Å². The molecular weight excluding hydrogens is 764 g/mol. The Kier molecular flexibility index (Phi) is 13.7. The minimum atomic E-state index is -4.33. The van der Waals surface area contributed by atoms with Crippen molar-refractivity contribution in [3.63, 3.8) is 0 Å². The number of carbonyl (C=O) groups excluding carboxylic acids is 2. The Bertz CT molecular complexity index is 2210. The summed E-state index contributed by atoms with van der Waals surface area (Å²) >= 11 is 7.81. The molecule has 1 aliphatic heterocycles. The van der Waals surface area contributed by atoms with Crippen molar-refractivity contribution in [3.05, 3.63) is 143 Å². The highest BCUT2D eigenvalue weighted by Crippen LogP contribution is 2.28. The molecule has 0 saturated carbocycles. The minimum absolute atomic E-state index is 0.0232. The monoisotopic (exact) mass is 810 g/mol. The summed E-state index contributed by atoms with van der Waals surface area (Å²) in [7, 11) is -0.344. The Morgan fingerprint density at radius 3 is 2.21 bits per heavy atom. The van der Waals surface area contributed by atoms with Gasteiger partial charge in [-0.15, -0.1) is 11.8 Å². The van der Waals surface area contributed by atoms with E-state index in [9.17, 15) is 18.0 Å². The fourth-order valence-electron chi connectivity index (χ4n) is 6.60. The Balaban J connectivity index is 1.06. The standard InChI is InChI=1S/C43H47ClN6O4S2/c1-48(2)23-22-35(30-55-37-9-4-3-5-10-37)46-41-21-20-38(28-40(41)42(45)51)56(53,54)47-43(52)32-14-18-36(19-15-32)50-26-24-49(25-27-50)29-33-8-6-7-11-39(33)31-12-16-34(44)17-13-31/h3-21,28,35,46H,22-27,29-30H2,1-2H3,(H2,45,51)(H,47,52). The van der Waals surface area contributed by atoms with Crippen molar-refractivity contribution in [2.24, 2.45) is 5.73 Å². The summed E-state index contributed by atoms with van der Waals surface area (Å²) < 4.78 is 29.0. The average molecular weight is 811 g/mol. The molecule has 10 nitrogen and oxygen atoms in total. The molecule has 13 heteroatoms. The number of thioether (sulfide) groups is 1. The molecule has 0 spiro atoms. The third-order valence-corrected chi connectivity index (χ3v) is 12.5. The third kappa shape index (κ3) is 10.9. The molecule has 5 aromatic carbocycles. The van der Waals surface area contributed by atoms with Crippen molar-refractivity contribution in [1.29, 1.82) is 0 Å². The highest BCUT2D eigenvalue weighted by Gasteiger charge is 2.24. The predicted octanol–water partition coefficient (Wildman–Crippen LogP) is 7.07. The second-order valence-corrected chi connectivity index (χ2v) is 17.2. The molecule has 0 aromatic heterocycles. The minimum Gasteiger partial charge on any atom is -0.381 e. The maximum Gasteiger partial charge on any atom is 0.264 e. The highest BCUT2D eigenvalue weighted by molar-refractivity contribution is 7.99. The molecule has 1 heterocycles. The summed E-state index contributed by atoms with van der Waals surface area (Å²) in [5, 5.41) is 4.13.